The van der Waals surface area contributed by atoms with E-state index in [-0.39, 0.29) is 11.7 Å². The van der Waals surface area contributed by atoms with Gasteiger partial charge in [-0.25, -0.2) is 9.38 Å². The molecule has 1 saturated heterocycles. The first-order chi connectivity index (χ1) is 13.0. The second-order valence-corrected chi connectivity index (χ2v) is 6.66. The van der Waals surface area contributed by atoms with E-state index in [9.17, 15) is 9.18 Å². The highest BCUT2D eigenvalue weighted by atomic mass is 19.1. The molecule has 1 amide bonds. The summed E-state index contributed by atoms with van der Waals surface area (Å²) in [5.74, 6) is -0.546. The van der Waals surface area contributed by atoms with E-state index >= 15 is 0 Å². The van der Waals surface area contributed by atoms with E-state index in [1.807, 2.05) is 32.0 Å². The van der Waals surface area contributed by atoms with Crippen LogP contribution in [0.25, 0.3) is 0 Å². The van der Waals surface area contributed by atoms with Crippen molar-refractivity contribution in [3.8, 4) is 0 Å². The van der Waals surface area contributed by atoms with Gasteiger partial charge in [0.25, 0.3) is 5.91 Å². The van der Waals surface area contributed by atoms with Gasteiger partial charge in [-0.05, 0) is 62.1 Å². The van der Waals surface area contributed by atoms with Gasteiger partial charge in [-0.1, -0.05) is 18.2 Å². The number of carbonyl (C=O) groups excluding carboxylic acids is 1. The van der Waals surface area contributed by atoms with Gasteiger partial charge in [-0.15, -0.1) is 0 Å². The van der Waals surface area contributed by atoms with Crippen molar-refractivity contribution in [2.45, 2.75) is 32.8 Å². The molecule has 1 aliphatic heterocycles. The minimum atomic E-state index is -0.456. The number of anilines is 1. The SMILES string of the molecule is Cc1cccc(NC(=NC[C@@H]2CCCO2)NC(=O)c2cccc(F)c2)c1C. The molecule has 2 aromatic rings. The molecule has 2 aromatic carbocycles. The van der Waals surface area contributed by atoms with Crippen LogP contribution in [0.2, 0.25) is 0 Å². The molecule has 2 N–H and O–H groups in total. The van der Waals surface area contributed by atoms with Gasteiger partial charge < -0.3 is 10.1 Å². The Morgan fingerprint density at radius 1 is 1.26 bits per heavy atom. The molecule has 0 aromatic heterocycles. The van der Waals surface area contributed by atoms with Gasteiger partial charge in [0.05, 0.1) is 12.6 Å². The van der Waals surface area contributed by atoms with Crippen LogP contribution in [0, 0.1) is 19.7 Å². The van der Waals surface area contributed by atoms with Crippen LogP contribution in [0.1, 0.15) is 34.3 Å². The van der Waals surface area contributed by atoms with Crippen LogP contribution in [-0.4, -0.2) is 31.1 Å². The fourth-order valence-electron chi connectivity index (χ4n) is 2.92. The first kappa shape index (κ1) is 19.0. The normalized spacial score (nSPS) is 17.0. The number of aryl methyl sites for hydroxylation is 1. The second kappa shape index (κ2) is 8.77. The predicted octanol–water partition coefficient (Wildman–Crippen LogP) is 3.82. The number of guanidine groups is 1. The van der Waals surface area contributed by atoms with E-state index in [1.54, 1.807) is 6.07 Å². The Morgan fingerprint density at radius 3 is 2.81 bits per heavy atom. The first-order valence-corrected chi connectivity index (χ1v) is 9.09. The predicted molar refractivity (Wildman–Crippen MR) is 105 cm³/mol. The fraction of sp³-hybridized carbons (Fsp3) is 0.333. The van der Waals surface area contributed by atoms with E-state index in [1.165, 1.54) is 18.2 Å². The molecule has 0 bridgehead atoms. The number of hydrogen-bond acceptors (Lipinski definition) is 3. The average Bonchev–Trinajstić information content (AvgIpc) is 3.17. The Kier molecular flexibility index (Phi) is 6.19. The maximum atomic E-state index is 13.4. The molecule has 0 radical (unpaired) electrons. The topological polar surface area (TPSA) is 62.7 Å². The van der Waals surface area contributed by atoms with Crippen molar-refractivity contribution < 1.29 is 13.9 Å². The van der Waals surface area contributed by atoms with Crippen LogP contribution < -0.4 is 10.6 Å². The third-order valence-corrected chi connectivity index (χ3v) is 4.65. The number of nitrogens with one attached hydrogen (secondary N) is 2. The van der Waals surface area contributed by atoms with Gasteiger partial charge in [-0.2, -0.15) is 0 Å². The van der Waals surface area contributed by atoms with Crippen LogP contribution in [0.4, 0.5) is 10.1 Å². The molecule has 1 atom stereocenters. The molecule has 142 valence electrons. The summed E-state index contributed by atoms with van der Waals surface area (Å²) in [4.78, 5) is 17.0. The number of hydrogen-bond donors (Lipinski definition) is 2. The van der Waals surface area contributed by atoms with Crippen molar-refractivity contribution in [1.82, 2.24) is 5.32 Å². The monoisotopic (exact) mass is 369 g/mol. The van der Waals surface area contributed by atoms with E-state index in [0.717, 1.165) is 36.3 Å². The summed E-state index contributed by atoms with van der Waals surface area (Å²) in [6.07, 6.45) is 2.04. The summed E-state index contributed by atoms with van der Waals surface area (Å²) in [7, 11) is 0. The molecule has 1 fully saturated rings. The summed E-state index contributed by atoms with van der Waals surface area (Å²) in [6, 6.07) is 11.5. The van der Waals surface area contributed by atoms with Gasteiger partial charge in [0, 0.05) is 17.9 Å². The molecule has 0 unspecified atom stereocenters. The maximum Gasteiger partial charge on any atom is 0.258 e. The van der Waals surface area contributed by atoms with Crippen molar-refractivity contribution in [3.05, 3.63) is 65.0 Å². The Labute approximate surface area is 158 Å². The summed E-state index contributed by atoms with van der Waals surface area (Å²) >= 11 is 0. The third kappa shape index (κ3) is 5.14. The lowest BCUT2D eigenvalue weighted by Gasteiger charge is -2.15. The van der Waals surface area contributed by atoms with Crippen LogP contribution >= 0.6 is 0 Å². The van der Waals surface area contributed by atoms with Crippen LogP contribution in [0.3, 0.4) is 0 Å². The number of nitrogens with zero attached hydrogens (tertiary/aromatic N) is 1. The van der Waals surface area contributed by atoms with E-state index < -0.39 is 11.7 Å². The highest BCUT2D eigenvalue weighted by molar-refractivity contribution is 6.10. The van der Waals surface area contributed by atoms with E-state index in [0.29, 0.717) is 12.5 Å². The van der Waals surface area contributed by atoms with Crippen molar-refractivity contribution in [1.29, 1.82) is 0 Å². The number of aliphatic imine (C=N–C) groups is 1. The van der Waals surface area contributed by atoms with Crippen molar-refractivity contribution in [2.24, 2.45) is 4.99 Å². The zero-order valence-electron chi connectivity index (χ0n) is 15.6. The Morgan fingerprint density at radius 2 is 2.07 bits per heavy atom. The molecule has 1 heterocycles. The maximum absolute atomic E-state index is 13.4. The van der Waals surface area contributed by atoms with Crippen LogP contribution in [-0.2, 0) is 4.74 Å². The summed E-state index contributed by atoms with van der Waals surface area (Å²) in [5.41, 5.74) is 3.31. The van der Waals surface area contributed by atoms with E-state index in [2.05, 4.69) is 15.6 Å². The van der Waals surface area contributed by atoms with E-state index in [4.69, 9.17) is 4.74 Å². The molecular weight excluding hydrogens is 345 g/mol. The zero-order chi connectivity index (χ0) is 19.2. The third-order valence-electron chi connectivity index (χ3n) is 4.65. The molecule has 6 heteroatoms. The first-order valence-electron chi connectivity index (χ1n) is 9.09. The van der Waals surface area contributed by atoms with Gasteiger partial charge in [0.15, 0.2) is 0 Å². The Bertz CT molecular complexity index is 845. The smallest absolute Gasteiger partial charge is 0.258 e. The number of benzene rings is 2. The lowest BCUT2D eigenvalue weighted by Crippen LogP contribution is -2.37. The summed E-state index contributed by atoms with van der Waals surface area (Å²) < 4.78 is 19.0. The number of rotatable bonds is 4. The minimum absolute atomic E-state index is 0.0616. The quantitative estimate of drug-likeness (QED) is 0.636. The van der Waals surface area contributed by atoms with Crippen molar-refractivity contribution in [2.75, 3.05) is 18.5 Å². The average molecular weight is 369 g/mol. The Hall–Kier alpha value is -2.73. The van der Waals surface area contributed by atoms with Crippen molar-refractivity contribution >= 4 is 17.6 Å². The fourth-order valence-corrected chi connectivity index (χ4v) is 2.92. The highest BCUT2D eigenvalue weighted by Gasteiger charge is 2.16. The number of halogens is 1. The summed E-state index contributed by atoms with van der Waals surface area (Å²) in [6.45, 7) is 5.23. The molecule has 3 rings (SSSR count). The molecule has 5 nitrogen and oxygen atoms in total. The van der Waals surface area contributed by atoms with Crippen molar-refractivity contribution in [3.63, 3.8) is 0 Å². The number of carbonyl (C=O) groups is 1. The lowest BCUT2D eigenvalue weighted by molar-refractivity contribution is 0.0975. The minimum Gasteiger partial charge on any atom is -0.376 e. The summed E-state index contributed by atoms with van der Waals surface area (Å²) in [5, 5.41) is 5.95. The van der Waals surface area contributed by atoms with Gasteiger partial charge in [-0.3, -0.25) is 10.1 Å². The molecular formula is C21H24FN3O2. The molecule has 0 spiro atoms. The van der Waals surface area contributed by atoms with Gasteiger partial charge >= 0.3 is 0 Å². The Balaban J connectivity index is 1.79. The zero-order valence-corrected chi connectivity index (χ0v) is 15.6. The van der Waals surface area contributed by atoms with Gasteiger partial charge in [0.2, 0.25) is 5.96 Å². The second-order valence-electron chi connectivity index (χ2n) is 6.66. The number of ether oxygens (including phenoxy) is 1. The standard InChI is InChI=1S/C21H24FN3O2/c1-14-6-3-10-19(15(14)2)24-21(23-13-18-9-5-11-27-18)25-20(26)16-7-4-8-17(22)12-16/h3-4,6-8,10,12,18H,5,9,11,13H2,1-2H3,(H2,23,24,25,26)/t18-/m0/s1. The molecule has 1 aliphatic rings. The largest absolute Gasteiger partial charge is 0.376 e. The molecule has 27 heavy (non-hydrogen) atoms. The van der Waals surface area contributed by atoms with Crippen LogP contribution in [0.15, 0.2) is 47.5 Å². The molecule has 0 aliphatic carbocycles. The lowest BCUT2D eigenvalue weighted by atomic mass is 10.1. The number of amides is 1. The van der Waals surface area contributed by atoms with Gasteiger partial charge in [0.1, 0.15) is 5.82 Å². The van der Waals surface area contributed by atoms with Crippen LogP contribution in [0.5, 0.6) is 0 Å². The highest BCUT2D eigenvalue weighted by Crippen LogP contribution is 2.18. The molecule has 0 saturated carbocycles.